The SMILES string of the molecule is CCCCCCCCOc1ccc(OBOc2ccc(OCCCCCCCC)c(F)c2F)c(F)c1F. The molecule has 0 radical (unpaired) electrons. The molecule has 9 heteroatoms. The van der Waals surface area contributed by atoms with Crippen molar-refractivity contribution in [2.75, 3.05) is 13.2 Å². The average Bonchev–Trinajstić information content (AvgIpc) is 2.90. The summed E-state index contributed by atoms with van der Waals surface area (Å²) < 4.78 is 78.2. The van der Waals surface area contributed by atoms with Crippen LogP contribution in [0, 0.1) is 23.3 Å². The van der Waals surface area contributed by atoms with Crippen LogP contribution in [0.3, 0.4) is 0 Å². The molecule has 0 atom stereocenters. The molecule has 0 heterocycles. The lowest BCUT2D eigenvalue weighted by molar-refractivity contribution is 0.281. The second-order valence-electron chi connectivity index (χ2n) is 9.02. The van der Waals surface area contributed by atoms with Gasteiger partial charge in [-0.3, -0.25) is 0 Å². The minimum atomic E-state index is -1.24. The quantitative estimate of drug-likeness (QED) is 0.0986. The third kappa shape index (κ3) is 10.7. The van der Waals surface area contributed by atoms with Crippen molar-refractivity contribution < 1.29 is 36.3 Å². The second-order valence-corrected chi connectivity index (χ2v) is 9.02. The van der Waals surface area contributed by atoms with Crippen LogP contribution in [0.5, 0.6) is 23.0 Å². The molecule has 2 rings (SSSR count). The van der Waals surface area contributed by atoms with Crippen LogP contribution in [0.1, 0.15) is 90.9 Å². The molecule has 0 unspecified atom stereocenters. The lowest BCUT2D eigenvalue weighted by Gasteiger charge is -2.13. The van der Waals surface area contributed by atoms with E-state index in [1.165, 1.54) is 37.1 Å². The summed E-state index contributed by atoms with van der Waals surface area (Å²) in [7, 11) is -0.650. The number of hydrogen-bond donors (Lipinski definition) is 0. The Bertz CT molecular complexity index is 856. The summed E-state index contributed by atoms with van der Waals surface area (Å²) in [5.74, 6) is -6.09. The highest BCUT2D eigenvalue weighted by Gasteiger charge is 2.19. The highest BCUT2D eigenvalue weighted by Crippen LogP contribution is 2.30. The summed E-state index contributed by atoms with van der Waals surface area (Å²) in [5.41, 5.74) is 0. The largest absolute Gasteiger partial charge is 0.576 e. The average molecular weight is 526 g/mol. The normalized spacial score (nSPS) is 10.9. The van der Waals surface area contributed by atoms with Gasteiger partial charge >= 0.3 is 7.69 Å². The van der Waals surface area contributed by atoms with Gasteiger partial charge in [-0.1, -0.05) is 78.1 Å². The molecule has 0 aliphatic carbocycles. The van der Waals surface area contributed by atoms with Gasteiger partial charge in [-0.15, -0.1) is 0 Å². The number of unbranched alkanes of at least 4 members (excludes halogenated alkanes) is 10. The predicted octanol–water partition coefficient (Wildman–Crippen LogP) is 8.45. The molecule has 0 bridgehead atoms. The number of rotatable bonds is 20. The fourth-order valence-corrected chi connectivity index (χ4v) is 3.76. The van der Waals surface area contributed by atoms with Crippen LogP contribution < -0.4 is 18.8 Å². The minimum absolute atomic E-state index is 0.205. The van der Waals surface area contributed by atoms with Crippen molar-refractivity contribution in [3.05, 3.63) is 47.5 Å². The van der Waals surface area contributed by atoms with Crippen molar-refractivity contribution in [3.63, 3.8) is 0 Å². The lowest BCUT2D eigenvalue weighted by atomic mass is 10.1. The Morgan fingerprint density at radius 2 is 0.811 bits per heavy atom. The van der Waals surface area contributed by atoms with Gasteiger partial charge in [0.1, 0.15) is 11.5 Å². The monoisotopic (exact) mass is 526 g/mol. The van der Waals surface area contributed by atoms with E-state index < -0.39 is 42.5 Å². The zero-order valence-corrected chi connectivity index (χ0v) is 22.1. The van der Waals surface area contributed by atoms with Crippen LogP contribution in [0.4, 0.5) is 17.6 Å². The summed E-state index contributed by atoms with van der Waals surface area (Å²) in [6.45, 7) is 4.86. The number of ether oxygens (including phenoxy) is 2. The highest BCUT2D eigenvalue weighted by molar-refractivity contribution is 6.20. The first-order valence-electron chi connectivity index (χ1n) is 13.5. The van der Waals surface area contributed by atoms with Crippen LogP contribution in [-0.4, -0.2) is 20.9 Å². The van der Waals surface area contributed by atoms with Crippen molar-refractivity contribution in [2.24, 2.45) is 0 Å². The molecule has 0 saturated carbocycles. The Morgan fingerprint density at radius 1 is 0.486 bits per heavy atom. The van der Waals surface area contributed by atoms with E-state index in [-0.39, 0.29) is 24.7 Å². The number of hydrogen-bond acceptors (Lipinski definition) is 4. The fraction of sp³-hybridized carbons (Fsp3) is 0.571. The van der Waals surface area contributed by atoms with Gasteiger partial charge in [0.2, 0.25) is 23.3 Å². The van der Waals surface area contributed by atoms with Crippen molar-refractivity contribution in [3.8, 4) is 23.0 Å². The molecule has 0 fully saturated rings. The van der Waals surface area contributed by atoms with Gasteiger partial charge in [0.15, 0.2) is 11.5 Å². The third-order valence-electron chi connectivity index (χ3n) is 5.96. The smallest absolute Gasteiger partial charge is 0.526 e. The van der Waals surface area contributed by atoms with Gasteiger partial charge in [0, 0.05) is 0 Å². The maximum Gasteiger partial charge on any atom is 0.576 e. The van der Waals surface area contributed by atoms with Crippen LogP contribution in [0.2, 0.25) is 0 Å². The Kier molecular flexibility index (Phi) is 14.7. The maximum atomic E-state index is 14.3. The lowest BCUT2D eigenvalue weighted by Crippen LogP contribution is -2.14. The van der Waals surface area contributed by atoms with Crippen molar-refractivity contribution in [1.29, 1.82) is 0 Å². The Labute approximate surface area is 219 Å². The third-order valence-corrected chi connectivity index (χ3v) is 5.96. The van der Waals surface area contributed by atoms with E-state index in [1.807, 2.05) is 0 Å². The van der Waals surface area contributed by atoms with Crippen LogP contribution in [0.25, 0.3) is 0 Å². The first kappa shape index (κ1) is 30.6. The van der Waals surface area contributed by atoms with Gasteiger partial charge in [0.25, 0.3) is 0 Å². The van der Waals surface area contributed by atoms with Crippen LogP contribution >= 0.6 is 0 Å². The van der Waals surface area contributed by atoms with E-state index in [1.54, 1.807) is 0 Å². The minimum Gasteiger partial charge on any atom is -0.526 e. The van der Waals surface area contributed by atoms with E-state index in [0.29, 0.717) is 0 Å². The van der Waals surface area contributed by atoms with Gasteiger partial charge in [-0.2, -0.15) is 17.6 Å². The number of benzene rings is 2. The van der Waals surface area contributed by atoms with E-state index in [2.05, 4.69) is 13.8 Å². The van der Waals surface area contributed by atoms with Crippen LogP contribution in [0.15, 0.2) is 24.3 Å². The zero-order valence-electron chi connectivity index (χ0n) is 22.1. The predicted molar refractivity (Wildman–Crippen MR) is 139 cm³/mol. The Hall–Kier alpha value is -2.58. The molecule has 0 aromatic heterocycles. The van der Waals surface area contributed by atoms with Gasteiger partial charge in [-0.25, -0.2) is 0 Å². The van der Waals surface area contributed by atoms with Gasteiger partial charge in [-0.05, 0) is 37.1 Å². The fourth-order valence-electron chi connectivity index (χ4n) is 3.76. The Balaban J connectivity index is 1.78. The molecule has 2 aromatic rings. The molecule has 0 aliphatic rings. The molecule has 0 N–H and O–H groups in total. The van der Waals surface area contributed by atoms with Crippen molar-refractivity contribution in [1.82, 2.24) is 0 Å². The molecule has 37 heavy (non-hydrogen) atoms. The zero-order chi connectivity index (χ0) is 26.9. The first-order chi connectivity index (χ1) is 18.0. The molecule has 0 spiro atoms. The maximum absolute atomic E-state index is 14.3. The summed E-state index contributed by atoms with van der Waals surface area (Å²) in [6, 6.07) is 4.94. The van der Waals surface area contributed by atoms with Gasteiger partial charge < -0.3 is 18.8 Å². The van der Waals surface area contributed by atoms with E-state index in [0.717, 1.165) is 64.2 Å². The molecular weight excluding hydrogens is 487 g/mol. The summed E-state index contributed by atoms with van der Waals surface area (Å²) in [4.78, 5) is 0. The van der Waals surface area contributed by atoms with E-state index in [4.69, 9.17) is 18.8 Å². The molecule has 4 nitrogen and oxygen atoms in total. The van der Waals surface area contributed by atoms with Gasteiger partial charge in [0.05, 0.1) is 13.2 Å². The van der Waals surface area contributed by atoms with Crippen molar-refractivity contribution in [2.45, 2.75) is 90.9 Å². The highest BCUT2D eigenvalue weighted by atomic mass is 19.2. The molecule has 2 aromatic carbocycles. The van der Waals surface area contributed by atoms with E-state index >= 15 is 0 Å². The molecular formula is C28H39BF4O4. The first-order valence-corrected chi connectivity index (χ1v) is 13.5. The van der Waals surface area contributed by atoms with Crippen molar-refractivity contribution >= 4 is 7.69 Å². The topological polar surface area (TPSA) is 36.9 Å². The molecule has 206 valence electrons. The Morgan fingerprint density at radius 3 is 1.22 bits per heavy atom. The number of halogens is 4. The standard InChI is InChI=1S/C28H39BF4O4/c1-3-5-7-9-11-13-19-34-21-15-17-23(27(32)25(21)30)36-29-37-24-18-16-22(26(31)28(24)33)35-20-14-12-10-8-6-4-2/h15-18,29H,3-14,19-20H2,1-2H3. The molecule has 0 aliphatic heterocycles. The van der Waals surface area contributed by atoms with Crippen LogP contribution in [-0.2, 0) is 0 Å². The summed E-state index contributed by atoms with van der Waals surface area (Å²) in [5, 5.41) is 0. The molecule has 0 saturated heterocycles. The second kappa shape index (κ2) is 17.8. The molecule has 0 amide bonds. The summed E-state index contributed by atoms with van der Waals surface area (Å²) in [6.07, 6.45) is 12.6. The van der Waals surface area contributed by atoms with E-state index in [9.17, 15) is 17.6 Å². The summed E-state index contributed by atoms with van der Waals surface area (Å²) >= 11 is 0.